The maximum absolute atomic E-state index is 4.30. The zero-order chi connectivity index (χ0) is 11.4. The molecule has 2 rings (SSSR count). The Morgan fingerprint density at radius 2 is 2.31 bits per heavy atom. The number of nitrogens with one attached hydrogen (secondary N) is 1. The first kappa shape index (κ1) is 10.6. The fraction of sp³-hybridized carbons (Fsp3) is 0.364. The normalized spacial score (nSPS) is 12.4. The van der Waals surface area contributed by atoms with Crippen molar-refractivity contribution in [2.24, 2.45) is 0 Å². The van der Waals surface area contributed by atoms with E-state index in [-0.39, 0.29) is 0 Å². The van der Waals surface area contributed by atoms with Crippen LogP contribution in [0.15, 0.2) is 31.0 Å². The fourth-order valence-electron chi connectivity index (χ4n) is 1.55. The van der Waals surface area contributed by atoms with Crippen molar-refractivity contribution in [1.82, 2.24) is 19.5 Å². The first-order valence-electron chi connectivity index (χ1n) is 5.26. The lowest BCUT2D eigenvalue weighted by Gasteiger charge is -2.14. The monoisotopic (exact) mass is 217 g/mol. The zero-order valence-corrected chi connectivity index (χ0v) is 9.46. The van der Waals surface area contributed by atoms with Crippen LogP contribution in [0, 0.1) is 6.92 Å². The van der Waals surface area contributed by atoms with E-state index in [1.54, 1.807) is 12.4 Å². The molecule has 5 nitrogen and oxygen atoms in total. The predicted octanol–water partition coefficient (Wildman–Crippen LogP) is 1.48. The third kappa shape index (κ3) is 2.79. The molecule has 84 valence electrons. The summed E-state index contributed by atoms with van der Waals surface area (Å²) in [5.41, 5.74) is 0. The molecule has 2 heterocycles. The molecule has 0 spiro atoms. The molecule has 0 amide bonds. The molecular weight excluding hydrogens is 202 g/mol. The molecule has 0 aromatic carbocycles. The van der Waals surface area contributed by atoms with Crippen LogP contribution in [-0.4, -0.2) is 25.6 Å². The van der Waals surface area contributed by atoms with Crippen LogP contribution >= 0.6 is 0 Å². The molecule has 2 aromatic heterocycles. The molecule has 16 heavy (non-hydrogen) atoms. The van der Waals surface area contributed by atoms with Crippen molar-refractivity contribution in [2.45, 2.75) is 26.4 Å². The number of rotatable bonds is 4. The van der Waals surface area contributed by atoms with Crippen LogP contribution < -0.4 is 5.32 Å². The summed E-state index contributed by atoms with van der Waals surface area (Å²) in [5.74, 6) is 1.64. The largest absolute Gasteiger partial charge is 0.366 e. The van der Waals surface area contributed by atoms with E-state index in [2.05, 4.69) is 27.2 Å². The Bertz CT molecular complexity index is 437. The summed E-state index contributed by atoms with van der Waals surface area (Å²) >= 11 is 0. The lowest BCUT2D eigenvalue weighted by Crippen LogP contribution is -2.22. The highest BCUT2D eigenvalue weighted by atomic mass is 15.1. The van der Waals surface area contributed by atoms with E-state index in [1.807, 2.05) is 30.1 Å². The van der Waals surface area contributed by atoms with E-state index >= 15 is 0 Å². The summed E-state index contributed by atoms with van der Waals surface area (Å²) in [5, 5.41) is 3.32. The molecule has 0 radical (unpaired) electrons. The molecule has 2 aromatic rings. The predicted molar refractivity (Wildman–Crippen MR) is 62.1 cm³/mol. The van der Waals surface area contributed by atoms with E-state index in [4.69, 9.17) is 0 Å². The minimum Gasteiger partial charge on any atom is -0.366 e. The van der Waals surface area contributed by atoms with Crippen LogP contribution in [0.2, 0.25) is 0 Å². The molecule has 1 N–H and O–H groups in total. The minimum absolute atomic E-state index is 0.295. The maximum Gasteiger partial charge on any atom is 0.129 e. The first-order chi connectivity index (χ1) is 7.74. The Morgan fingerprint density at radius 3 is 3.00 bits per heavy atom. The lowest BCUT2D eigenvalue weighted by molar-refractivity contribution is 0.616. The second kappa shape index (κ2) is 4.74. The Morgan fingerprint density at radius 1 is 1.44 bits per heavy atom. The van der Waals surface area contributed by atoms with Crippen molar-refractivity contribution < 1.29 is 0 Å². The zero-order valence-electron chi connectivity index (χ0n) is 9.46. The highest BCUT2D eigenvalue weighted by Crippen LogP contribution is 2.04. The average molecular weight is 217 g/mol. The van der Waals surface area contributed by atoms with Gasteiger partial charge in [0.15, 0.2) is 0 Å². The Hall–Kier alpha value is -1.91. The SMILES string of the molecule is Cc1nccc(NC(C)Cn2ccnc2)n1. The van der Waals surface area contributed by atoms with E-state index in [9.17, 15) is 0 Å². The van der Waals surface area contributed by atoms with Gasteiger partial charge in [0.2, 0.25) is 0 Å². The summed E-state index contributed by atoms with van der Waals surface area (Å²) < 4.78 is 2.03. The third-order valence-electron chi connectivity index (χ3n) is 2.21. The summed E-state index contributed by atoms with van der Waals surface area (Å²) in [4.78, 5) is 12.4. The first-order valence-corrected chi connectivity index (χ1v) is 5.26. The smallest absolute Gasteiger partial charge is 0.129 e. The second-order valence-corrected chi connectivity index (χ2v) is 3.79. The highest BCUT2D eigenvalue weighted by Gasteiger charge is 2.03. The maximum atomic E-state index is 4.30. The lowest BCUT2D eigenvalue weighted by atomic mass is 10.3. The van der Waals surface area contributed by atoms with Gasteiger partial charge in [-0.1, -0.05) is 0 Å². The van der Waals surface area contributed by atoms with Gasteiger partial charge in [0.25, 0.3) is 0 Å². The van der Waals surface area contributed by atoms with Gasteiger partial charge in [-0.15, -0.1) is 0 Å². The molecule has 0 aliphatic carbocycles. The molecule has 0 bridgehead atoms. The van der Waals surface area contributed by atoms with E-state index in [1.165, 1.54) is 0 Å². The Kier molecular flexibility index (Phi) is 3.14. The van der Waals surface area contributed by atoms with E-state index in [0.29, 0.717) is 6.04 Å². The summed E-state index contributed by atoms with van der Waals surface area (Å²) in [6, 6.07) is 2.17. The average Bonchev–Trinajstić information content (AvgIpc) is 2.70. The molecule has 5 heteroatoms. The standard InChI is InChI=1S/C11H15N5/c1-9(7-16-6-5-12-8-16)14-11-3-4-13-10(2)15-11/h3-6,8-9H,7H2,1-2H3,(H,13,14,15). The number of aryl methyl sites for hydroxylation is 1. The highest BCUT2D eigenvalue weighted by molar-refractivity contribution is 5.33. The summed E-state index contributed by atoms with van der Waals surface area (Å²) in [7, 11) is 0. The quantitative estimate of drug-likeness (QED) is 0.842. The van der Waals surface area contributed by atoms with Gasteiger partial charge in [-0.25, -0.2) is 15.0 Å². The number of hydrogen-bond acceptors (Lipinski definition) is 4. The van der Waals surface area contributed by atoms with Crippen molar-refractivity contribution in [3.05, 3.63) is 36.8 Å². The van der Waals surface area contributed by atoms with Crippen LogP contribution in [0.5, 0.6) is 0 Å². The molecule has 1 unspecified atom stereocenters. The fourth-order valence-corrected chi connectivity index (χ4v) is 1.55. The topological polar surface area (TPSA) is 55.6 Å². The van der Waals surface area contributed by atoms with Crippen LogP contribution in [0.1, 0.15) is 12.7 Å². The van der Waals surface area contributed by atoms with Gasteiger partial charge in [0.05, 0.1) is 6.33 Å². The van der Waals surface area contributed by atoms with Gasteiger partial charge in [-0.2, -0.15) is 0 Å². The van der Waals surface area contributed by atoms with Gasteiger partial charge < -0.3 is 9.88 Å². The Balaban J connectivity index is 1.94. The number of nitrogens with zero attached hydrogens (tertiary/aromatic N) is 4. The molecular formula is C11H15N5. The summed E-state index contributed by atoms with van der Waals surface area (Å²) in [6.07, 6.45) is 7.29. The third-order valence-corrected chi connectivity index (χ3v) is 2.21. The molecule has 1 atom stereocenters. The number of anilines is 1. The van der Waals surface area contributed by atoms with Gasteiger partial charge in [-0.3, -0.25) is 0 Å². The van der Waals surface area contributed by atoms with Crippen LogP contribution in [0.25, 0.3) is 0 Å². The molecule has 0 saturated heterocycles. The van der Waals surface area contributed by atoms with Crippen LogP contribution in [0.3, 0.4) is 0 Å². The van der Waals surface area contributed by atoms with Crippen molar-refractivity contribution in [1.29, 1.82) is 0 Å². The van der Waals surface area contributed by atoms with E-state index < -0.39 is 0 Å². The van der Waals surface area contributed by atoms with Crippen molar-refractivity contribution in [3.8, 4) is 0 Å². The number of imidazole rings is 1. The van der Waals surface area contributed by atoms with E-state index in [0.717, 1.165) is 18.2 Å². The molecule has 0 aliphatic heterocycles. The number of aromatic nitrogens is 4. The number of hydrogen-bond donors (Lipinski definition) is 1. The van der Waals surface area contributed by atoms with Gasteiger partial charge in [0, 0.05) is 31.2 Å². The van der Waals surface area contributed by atoms with Gasteiger partial charge in [0.1, 0.15) is 11.6 Å². The minimum atomic E-state index is 0.295. The van der Waals surface area contributed by atoms with Crippen LogP contribution in [-0.2, 0) is 6.54 Å². The van der Waals surface area contributed by atoms with Crippen molar-refractivity contribution in [3.63, 3.8) is 0 Å². The van der Waals surface area contributed by atoms with Crippen LogP contribution in [0.4, 0.5) is 5.82 Å². The Labute approximate surface area is 94.6 Å². The summed E-state index contributed by atoms with van der Waals surface area (Å²) in [6.45, 7) is 4.85. The molecule has 0 fully saturated rings. The van der Waals surface area contributed by atoms with Crippen molar-refractivity contribution in [2.75, 3.05) is 5.32 Å². The second-order valence-electron chi connectivity index (χ2n) is 3.79. The van der Waals surface area contributed by atoms with Gasteiger partial charge in [-0.05, 0) is 19.9 Å². The molecule has 0 aliphatic rings. The van der Waals surface area contributed by atoms with Gasteiger partial charge >= 0.3 is 0 Å². The van der Waals surface area contributed by atoms with Crippen molar-refractivity contribution >= 4 is 5.82 Å². The molecule has 0 saturated carbocycles.